The minimum atomic E-state index is 0.0253. The van der Waals surface area contributed by atoms with Gasteiger partial charge in [0, 0.05) is 6.54 Å². The zero-order valence-corrected chi connectivity index (χ0v) is 13.6. The first-order valence-electron chi connectivity index (χ1n) is 7.71. The Labute approximate surface area is 118 Å². The fourth-order valence-corrected chi connectivity index (χ4v) is 3.74. The predicted molar refractivity (Wildman–Crippen MR) is 78.6 cm³/mol. The lowest BCUT2D eigenvalue weighted by atomic mass is 10.0. The van der Waals surface area contributed by atoms with Gasteiger partial charge < -0.3 is 4.90 Å². The van der Waals surface area contributed by atoms with E-state index < -0.39 is 0 Å². The van der Waals surface area contributed by atoms with Gasteiger partial charge in [0.1, 0.15) is 0 Å². The van der Waals surface area contributed by atoms with Crippen LogP contribution in [0.1, 0.15) is 54.9 Å². The number of carbonyl (C=O) groups excluding carboxylic acids is 1. The van der Waals surface area contributed by atoms with Gasteiger partial charge in [0.15, 0.2) is 0 Å². The van der Waals surface area contributed by atoms with Crippen LogP contribution in [0.2, 0.25) is 0 Å². The van der Waals surface area contributed by atoms with Crippen LogP contribution in [0, 0.1) is 22.7 Å². The van der Waals surface area contributed by atoms with Crippen LogP contribution in [0.15, 0.2) is 0 Å². The fourth-order valence-electron chi connectivity index (χ4n) is 3.74. The maximum absolute atomic E-state index is 12.5. The first kappa shape index (κ1) is 14.8. The average molecular weight is 266 g/mol. The van der Waals surface area contributed by atoms with Gasteiger partial charge in [0.05, 0.1) is 12.2 Å². The van der Waals surface area contributed by atoms with Gasteiger partial charge >= 0.3 is 0 Å². The van der Waals surface area contributed by atoms with Gasteiger partial charge in [-0.2, -0.15) is 0 Å². The molecule has 0 spiro atoms. The minimum Gasteiger partial charge on any atom is -0.325 e. The summed E-state index contributed by atoms with van der Waals surface area (Å²) >= 11 is 0. The molecule has 1 aliphatic heterocycles. The number of hydrogen-bond acceptors (Lipinski definition) is 2. The lowest BCUT2D eigenvalue weighted by molar-refractivity contribution is -0.131. The highest BCUT2D eigenvalue weighted by atomic mass is 16.2. The summed E-state index contributed by atoms with van der Waals surface area (Å²) in [6.45, 7) is 16.7. The van der Waals surface area contributed by atoms with E-state index in [0.717, 1.165) is 13.0 Å². The molecule has 3 nitrogen and oxygen atoms in total. The summed E-state index contributed by atoms with van der Waals surface area (Å²) in [6, 6.07) is 0.0253. The van der Waals surface area contributed by atoms with Crippen LogP contribution < -0.4 is 5.32 Å². The molecule has 0 radical (unpaired) electrons. The third-order valence-electron chi connectivity index (χ3n) is 6.03. The molecule has 0 bridgehead atoms. The number of carbonyl (C=O) groups is 1. The SMILES string of the molecule is CCC1NC(C(C)C)N(CC2C(C)(C)C2(C)C)C1=O. The molecule has 2 rings (SSSR count). The lowest BCUT2D eigenvalue weighted by Crippen LogP contribution is -2.43. The Bertz CT molecular complexity index is 359. The molecule has 1 N–H and O–H groups in total. The lowest BCUT2D eigenvalue weighted by Gasteiger charge is -2.28. The molecule has 1 amide bonds. The van der Waals surface area contributed by atoms with Crippen molar-refractivity contribution < 1.29 is 4.79 Å². The van der Waals surface area contributed by atoms with Gasteiger partial charge in [-0.15, -0.1) is 0 Å². The van der Waals surface area contributed by atoms with Gasteiger partial charge in [-0.1, -0.05) is 48.5 Å². The minimum absolute atomic E-state index is 0.0253. The quantitative estimate of drug-likeness (QED) is 0.848. The van der Waals surface area contributed by atoms with Crippen molar-refractivity contribution in [1.29, 1.82) is 0 Å². The van der Waals surface area contributed by atoms with E-state index in [-0.39, 0.29) is 12.2 Å². The monoisotopic (exact) mass is 266 g/mol. The Hall–Kier alpha value is -0.570. The van der Waals surface area contributed by atoms with Crippen molar-refractivity contribution in [2.45, 2.75) is 67.1 Å². The van der Waals surface area contributed by atoms with E-state index >= 15 is 0 Å². The van der Waals surface area contributed by atoms with E-state index in [0.29, 0.717) is 28.6 Å². The van der Waals surface area contributed by atoms with Gasteiger partial charge in [-0.3, -0.25) is 10.1 Å². The van der Waals surface area contributed by atoms with Crippen molar-refractivity contribution in [2.24, 2.45) is 22.7 Å². The second-order valence-corrected chi connectivity index (χ2v) is 7.80. The summed E-state index contributed by atoms with van der Waals surface area (Å²) in [7, 11) is 0. The van der Waals surface area contributed by atoms with E-state index in [4.69, 9.17) is 0 Å². The van der Waals surface area contributed by atoms with Gasteiger partial charge in [0.25, 0.3) is 0 Å². The standard InChI is InChI=1S/C16H30N2O/c1-8-11-14(19)18(13(17-11)10(2)3)9-12-15(4,5)16(12,6)7/h10-13,17H,8-9H2,1-7H3. The number of nitrogens with zero attached hydrogens (tertiary/aromatic N) is 1. The predicted octanol–water partition coefficient (Wildman–Crippen LogP) is 2.86. The van der Waals surface area contributed by atoms with E-state index in [2.05, 4.69) is 58.7 Å². The van der Waals surface area contributed by atoms with Crippen molar-refractivity contribution in [2.75, 3.05) is 6.54 Å². The van der Waals surface area contributed by atoms with Crippen molar-refractivity contribution >= 4 is 5.91 Å². The third-order valence-corrected chi connectivity index (χ3v) is 6.03. The van der Waals surface area contributed by atoms with Crippen LogP contribution in [-0.2, 0) is 4.79 Å². The summed E-state index contributed by atoms with van der Waals surface area (Å²) in [5.41, 5.74) is 0.693. The third kappa shape index (κ3) is 2.10. The van der Waals surface area contributed by atoms with Gasteiger partial charge in [-0.25, -0.2) is 0 Å². The Balaban J connectivity index is 2.12. The molecule has 2 aliphatic rings. The first-order chi connectivity index (χ1) is 8.64. The Morgan fingerprint density at radius 3 is 2.11 bits per heavy atom. The molecular formula is C16H30N2O. The molecule has 19 heavy (non-hydrogen) atoms. The van der Waals surface area contributed by atoms with Crippen molar-refractivity contribution in [3.05, 3.63) is 0 Å². The highest BCUT2D eigenvalue weighted by molar-refractivity contribution is 5.84. The normalized spacial score (nSPS) is 33.3. The smallest absolute Gasteiger partial charge is 0.241 e. The number of nitrogens with one attached hydrogen (secondary N) is 1. The van der Waals surface area contributed by atoms with Crippen LogP contribution in [0.3, 0.4) is 0 Å². The van der Waals surface area contributed by atoms with Crippen LogP contribution in [0.5, 0.6) is 0 Å². The van der Waals surface area contributed by atoms with E-state index in [9.17, 15) is 4.79 Å². The number of amides is 1. The molecule has 1 heterocycles. The summed E-state index contributed by atoms with van der Waals surface area (Å²) < 4.78 is 0. The van der Waals surface area contributed by atoms with Crippen molar-refractivity contribution in [3.8, 4) is 0 Å². The maximum Gasteiger partial charge on any atom is 0.241 e. The average Bonchev–Trinajstić information content (AvgIpc) is 2.59. The Morgan fingerprint density at radius 1 is 1.21 bits per heavy atom. The molecule has 2 unspecified atom stereocenters. The molecule has 3 heteroatoms. The van der Waals surface area contributed by atoms with E-state index in [1.807, 2.05) is 0 Å². The van der Waals surface area contributed by atoms with E-state index in [1.54, 1.807) is 0 Å². The molecule has 0 aromatic heterocycles. The molecule has 1 saturated heterocycles. The van der Waals surface area contributed by atoms with Gasteiger partial charge in [0.2, 0.25) is 5.91 Å². The summed E-state index contributed by atoms with van der Waals surface area (Å²) in [6.07, 6.45) is 1.10. The molecule has 1 aliphatic carbocycles. The first-order valence-corrected chi connectivity index (χ1v) is 7.71. The molecule has 2 atom stereocenters. The zero-order chi connectivity index (χ0) is 14.6. The molecule has 1 saturated carbocycles. The van der Waals surface area contributed by atoms with Crippen molar-refractivity contribution in [1.82, 2.24) is 10.2 Å². The van der Waals surface area contributed by atoms with Gasteiger partial charge in [-0.05, 0) is 29.1 Å². The summed E-state index contributed by atoms with van der Waals surface area (Å²) in [5.74, 6) is 1.38. The highest BCUT2D eigenvalue weighted by Gasteiger charge is 2.65. The summed E-state index contributed by atoms with van der Waals surface area (Å²) in [5, 5.41) is 3.50. The molecular weight excluding hydrogens is 236 g/mol. The summed E-state index contributed by atoms with van der Waals surface area (Å²) in [4.78, 5) is 14.6. The zero-order valence-electron chi connectivity index (χ0n) is 13.6. The van der Waals surface area contributed by atoms with Crippen molar-refractivity contribution in [3.63, 3.8) is 0 Å². The maximum atomic E-state index is 12.5. The fraction of sp³-hybridized carbons (Fsp3) is 0.938. The molecule has 0 aromatic rings. The van der Waals surface area contributed by atoms with Crippen LogP contribution in [-0.4, -0.2) is 29.6 Å². The second kappa shape index (κ2) is 4.47. The van der Waals surface area contributed by atoms with Crippen LogP contribution in [0.4, 0.5) is 0 Å². The van der Waals surface area contributed by atoms with Crippen LogP contribution >= 0.6 is 0 Å². The highest BCUT2D eigenvalue weighted by Crippen LogP contribution is 2.68. The molecule has 110 valence electrons. The Kier molecular flexibility index (Phi) is 3.49. The Morgan fingerprint density at radius 2 is 1.74 bits per heavy atom. The number of rotatable bonds is 4. The molecule has 2 fully saturated rings. The number of hydrogen-bond donors (Lipinski definition) is 1. The van der Waals surface area contributed by atoms with E-state index in [1.165, 1.54) is 0 Å². The van der Waals surface area contributed by atoms with Crippen LogP contribution in [0.25, 0.3) is 0 Å². The largest absolute Gasteiger partial charge is 0.325 e. The topological polar surface area (TPSA) is 32.3 Å². The second-order valence-electron chi connectivity index (χ2n) is 7.80. The molecule has 0 aromatic carbocycles.